The summed E-state index contributed by atoms with van der Waals surface area (Å²) in [5, 5.41) is 6.19. The van der Waals surface area contributed by atoms with E-state index >= 15 is 0 Å². The maximum Gasteiger partial charge on any atom is 0.254 e. The van der Waals surface area contributed by atoms with Crippen LogP contribution in [0.25, 0.3) is 16.9 Å². The summed E-state index contributed by atoms with van der Waals surface area (Å²) < 4.78 is 21.1. The number of benzene rings is 2. The van der Waals surface area contributed by atoms with E-state index in [4.69, 9.17) is 4.74 Å². The van der Waals surface area contributed by atoms with Gasteiger partial charge in [-0.15, -0.1) is 0 Å². The number of aryl methyl sites for hydroxylation is 1. The number of carbonyl (C=O) groups excluding carboxylic acids is 3. The van der Waals surface area contributed by atoms with E-state index in [1.165, 1.54) is 23.0 Å². The summed E-state index contributed by atoms with van der Waals surface area (Å²) >= 11 is 0. The van der Waals surface area contributed by atoms with Gasteiger partial charge in [-0.05, 0) is 55.9 Å². The summed E-state index contributed by atoms with van der Waals surface area (Å²) in [7, 11) is 4.73. The molecule has 0 fully saturated rings. The van der Waals surface area contributed by atoms with E-state index in [2.05, 4.69) is 20.6 Å². The van der Waals surface area contributed by atoms with Gasteiger partial charge in [-0.1, -0.05) is 0 Å². The standard InChI is InChI=1S/C29H32FN7O4/c1-19-15-21(6-7-22(19)29(40)35(3)18-26(39)36(13-14-38)11-9-31-2)34-27-28-33-17-24(37(28)12-10-32-27)20-5-8-25(41-4)23(30)16-20/h5-8,10,12,14-17,31H,9,11,13,18H2,1-4H3,(H,32,34). The molecule has 0 unspecified atom stereocenters. The van der Waals surface area contributed by atoms with E-state index < -0.39 is 5.82 Å². The maximum atomic E-state index is 14.3. The Hall–Kier alpha value is -4.84. The lowest BCUT2D eigenvalue weighted by Crippen LogP contribution is -2.44. The van der Waals surface area contributed by atoms with E-state index in [-0.39, 0.29) is 30.7 Å². The molecule has 0 saturated carbocycles. The van der Waals surface area contributed by atoms with Crippen LogP contribution >= 0.6 is 0 Å². The Morgan fingerprint density at radius 2 is 1.98 bits per heavy atom. The minimum atomic E-state index is -0.473. The minimum absolute atomic E-state index is 0.0300. The lowest BCUT2D eigenvalue weighted by atomic mass is 10.1. The predicted molar refractivity (Wildman–Crippen MR) is 153 cm³/mol. The number of nitrogens with zero attached hydrogens (tertiary/aromatic N) is 5. The number of carbonyl (C=O) groups is 3. The van der Waals surface area contributed by atoms with Crippen LogP contribution in [-0.2, 0) is 9.59 Å². The molecule has 0 aliphatic heterocycles. The van der Waals surface area contributed by atoms with Crippen molar-refractivity contribution in [1.82, 2.24) is 29.5 Å². The predicted octanol–water partition coefficient (Wildman–Crippen LogP) is 2.91. The number of aromatic nitrogens is 3. The highest BCUT2D eigenvalue weighted by Gasteiger charge is 2.21. The van der Waals surface area contributed by atoms with Crippen LogP contribution < -0.4 is 15.4 Å². The zero-order chi connectivity index (χ0) is 29.5. The highest BCUT2D eigenvalue weighted by molar-refractivity contribution is 5.98. The number of amides is 2. The number of hydrogen-bond donors (Lipinski definition) is 2. The number of halogens is 1. The van der Waals surface area contributed by atoms with Crippen molar-refractivity contribution >= 4 is 35.3 Å². The normalized spacial score (nSPS) is 10.9. The molecule has 0 bridgehead atoms. The molecule has 4 rings (SSSR count). The molecule has 2 N–H and O–H groups in total. The fraction of sp³-hybridized carbons (Fsp3) is 0.276. The fourth-order valence-electron chi connectivity index (χ4n) is 4.40. The van der Waals surface area contributed by atoms with Gasteiger partial charge in [0.2, 0.25) is 5.91 Å². The molecule has 4 aromatic rings. The number of rotatable bonds is 12. The summed E-state index contributed by atoms with van der Waals surface area (Å²) in [5.74, 6) is -0.460. The van der Waals surface area contributed by atoms with Crippen LogP contribution in [0.1, 0.15) is 15.9 Å². The van der Waals surface area contributed by atoms with Crippen molar-refractivity contribution in [2.75, 3.05) is 52.7 Å². The SMILES string of the molecule is CNCCN(CC=O)C(=O)CN(C)C(=O)c1ccc(Nc2nccn3c(-c4ccc(OC)c(F)c4)cnc23)cc1C. The van der Waals surface area contributed by atoms with E-state index in [1.54, 1.807) is 68.3 Å². The molecule has 0 atom stereocenters. The highest BCUT2D eigenvalue weighted by Crippen LogP contribution is 2.29. The number of ether oxygens (including phenoxy) is 1. The molecule has 12 heteroatoms. The fourth-order valence-corrected chi connectivity index (χ4v) is 4.40. The van der Waals surface area contributed by atoms with Crippen LogP contribution in [0.3, 0.4) is 0 Å². The molecule has 0 saturated heterocycles. The monoisotopic (exact) mass is 561 g/mol. The van der Waals surface area contributed by atoms with Gasteiger partial charge in [0, 0.05) is 49.3 Å². The van der Waals surface area contributed by atoms with Crippen LogP contribution in [-0.4, -0.2) is 89.7 Å². The summed E-state index contributed by atoms with van der Waals surface area (Å²) in [5.41, 5.74) is 3.67. The zero-order valence-corrected chi connectivity index (χ0v) is 23.3. The molecule has 2 heterocycles. The number of aldehydes is 1. The topological polar surface area (TPSA) is 121 Å². The van der Waals surface area contributed by atoms with Crippen molar-refractivity contribution in [2.45, 2.75) is 6.92 Å². The third-order valence-electron chi connectivity index (χ3n) is 6.59. The van der Waals surface area contributed by atoms with Crippen molar-refractivity contribution in [3.63, 3.8) is 0 Å². The van der Waals surface area contributed by atoms with Crippen molar-refractivity contribution < 1.29 is 23.5 Å². The molecule has 2 aromatic carbocycles. The molecule has 0 aliphatic rings. The van der Waals surface area contributed by atoms with Gasteiger partial charge < -0.3 is 30.0 Å². The Bertz CT molecular complexity index is 1570. The molecule has 2 amide bonds. The average Bonchev–Trinajstić information content (AvgIpc) is 3.40. The number of likely N-dealkylation sites (N-methyl/N-ethyl adjacent to an activating group) is 2. The van der Waals surface area contributed by atoms with Crippen LogP contribution in [0.5, 0.6) is 5.75 Å². The Labute approximate surface area is 237 Å². The molecule has 2 aromatic heterocycles. The smallest absolute Gasteiger partial charge is 0.254 e. The second-order valence-electron chi connectivity index (χ2n) is 9.39. The number of anilines is 2. The average molecular weight is 562 g/mol. The van der Waals surface area contributed by atoms with Gasteiger partial charge in [0.15, 0.2) is 23.0 Å². The van der Waals surface area contributed by atoms with Gasteiger partial charge in [0.25, 0.3) is 5.91 Å². The molecule has 0 aliphatic carbocycles. The molecular formula is C29H32FN7O4. The summed E-state index contributed by atoms with van der Waals surface area (Å²) in [4.78, 5) is 48.4. The van der Waals surface area contributed by atoms with Gasteiger partial charge in [0.05, 0.1) is 32.1 Å². The third-order valence-corrected chi connectivity index (χ3v) is 6.59. The Balaban J connectivity index is 1.50. The van der Waals surface area contributed by atoms with Crippen molar-refractivity contribution in [3.05, 3.63) is 71.9 Å². The number of hydrogen-bond acceptors (Lipinski definition) is 8. The quantitative estimate of drug-likeness (QED) is 0.253. The first-order chi connectivity index (χ1) is 19.8. The maximum absolute atomic E-state index is 14.3. The van der Waals surface area contributed by atoms with Crippen molar-refractivity contribution in [2.24, 2.45) is 0 Å². The Kier molecular flexibility index (Phi) is 9.25. The lowest BCUT2D eigenvalue weighted by molar-refractivity contribution is -0.133. The van der Waals surface area contributed by atoms with Crippen LogP contribution in [0.15, 0.2) is 55.0 Å². The van der Waals surface area contributed by atoms with Gasteiger partial charge in [0.1, 0.15) is 6.29 Å². The molecule has 11 nitrogen and oxygen atoms in total. The van der Waals surface area contributed by atoms with Gasteiger partial charge in [-0.25, -0.2) is 14.4 Å². The highest BCUT2D eigenvalue weighted by atomic mass is 19.1. The van der Waals surface area contributed by atoms with Gasteiger partial charge in [-0.2, -0.15) is 0 Å². The molecule has 0 spiro atoms. The third kappa shape index (κ3) is 6.49. The molecular weight excluding hydrogens is 529 g/mol. The van der Waals surface area contributed by atoms with E-state index in [0.717, 1.165) is 0 Å². The second-order valence-corrected chi connectivity index (χ2v) is 9.39. The summed E-state index contributed by atoms with van der Waals surface area (Å²) in [6.45, 7) is 2.53. The van der Waals surface area contributed by atoms with Gasteiger partial charge in [-0.3, -0.25) is 14.0 Å². The molecule has 41 heavy (non-hydrogen) atoms. The first-order valence-electron chi connectivity index (χ1n) is 12.9. The number of nitrogens with one attached hydrogen (secondary N) is 2. The number of fused-ring (bicyclic) bond motifs is 1. The largest absolute Gasteiger partial charge is 0.494 e. The van der Waals surface area contributed by atoms with E-state index in [9.17, 15) is 18.8 Å². The van der Waals surface area contributed by atoms with Crippen LogP contribution in [0.4, 0.5) is 15.9 Å². The Morgan fingerprint density at radius 1 is 1.17 bits per heavy atom. The summed E-state index contributed by atoms with van der Waals surface area (Å²) in [6, 6.07) is 9.95. The first kappa shape index (κ1) is 29.2. The first-order valence-corrected chi connectivity index (χ1v) is 12.9. The zero-order valence-electron chi connectivity index (χ0n) is 23.3. The second kappa shape index (κ2) is 13.0. The van der Waals surface area contributed by atoms with Crippen molar-refractivity contribution in [1.29, 1.82) is 0 Å². The lowest BCUT2D eigenvalue weighted by Gasteiger charge is -2.24. The summed E-state index contributed by atoms with van der Waals surface area (Å²) in [6.07, 6.45) is 5.66. The van der Waals surface area contributed by atoms with Crippen LogP contribution in [0.2, 0.25) is 0 Å². The van der Waals surface area contributed by atoms with Crippen molar-refractivity contribution in [3.8, 4) is 17.0 Å². The minimum Gasteiger partial charge on any atom is -0.494 e. The number of methoxy groups -OCH3 is 1. The Morgan fingerprint density at radius 3 is 2.66 bits per heavy atom. The van der Waals surface area contributed by atoms with E-state index in [0.29, 0.717) is 58.9 Å². The van der Waals surface area contributed by atoms with Gasteiger partial charge >= 0.3 is 0 Å². The molecule has 214 valence electrons. The molecule has 0 radical (unpaired) electrons. The number of imidazole rings is 1. The van der Waals surface area contributed by atoms with Crippen LogP contribution in [0, 0.1) is 12.7 Å². The van der Waals surface area contributed by atoms with E-state index in [1.807, 2.05) is 6.07 Å².